The van der Waals surface area contributed by atoms with Crippen molar-refractivity contribution in [3.8, 4) is 0 Å². The molecule has 13 heavy (non-hydrogen) atoms. The molecule has 0 atom stereocenters. The fourth-order valence-electron chi connectivity index (χ4n) is 1.45. The van der Waals surface area contributed by atoms with Gasteiger partial charge in [0.05, 0.1) is 0 Å². The summed E-state index contributed by atoms with van der Waals surface area (Å²) in [4.78, 5) is 1.36. The molecule has 2 heteroatoms. The Balaban J connectivity index is 2.55. The Kier molecular flexibility index (Phi) is 2.28. The summed E-state index contributed by atoms with van der Waals surface area (Å²) in [6.07, 6.45) is 2.26. The largest absolute Gasteiger partial charge is 0.115 e. The second-order valence-corrected chi connectivity index (χ2v) is 6.24. The van der Waals surface area contributed by atoms with E-state index in [9.17, 15) is 0 Å². The number of rotatable bonds is 0. The summed E-state index contributed by atoms with van der Waals surface area (Å²) in [6, 6.07) is 8.49. The van der Waals surface area contributed by atoms with E-state index in [0.717, 1.165) is 0 Å². The van der Waals surface area contributed by atoms with Crippen molar-refractivity contribution in [3.05, 3.63) is 35.9 Å². The van der Waals surface area contributed by atoms with E-state index < -0.39 is 0 Å². The zero-order chi connectivity index (χ0) is 9.47. The average molecular weight is 255 g/mol. The van der Waals surface area contributed by atoms with E-state index in [1.165, 1.54) is 14.9 Å². The van der Waals surface area contributed by atoms with Gasteiger partial charge < -0.3 is 0 Å². The lowest BCUT2D eigenvalue weighted by atomic mass is 10.1. The van der Waals surface area contributed by atoms with Gasteiger partial charge in [-0.25, -0.2) is 0 Å². The molecule has 1 aromatic rings. The maximum atomic E-state index is 3.61. The van der Waals surface area contributed by atoms with Crippen molar-refractivity contribution in [1.82, 2.24) is 0 Å². The first kappa shape index (κ1) is 9.35. The van der Waals surface area contributed by atoms with Crippen LogP contribution >= 0.6 is 27.7 Å². The number of hydrogen-bond donors (Lipinski definition) is 0. The molecule has 0 radical (unpaired) electrons. The summed E-state index contributed by atoms with van der Waals surface area (Å²) >= 11 is 5.52. The maximum absolute atomic E-state index is 3.61. The average Bonchev–Trinajstić information content (AvgIpc) is 2.02. The first-order chi connectivity index (χ1) is 6.08. The maximum Gasteiger partial charge on any atom is 0.0343 e. The second kappa shape index (κ2) is 3.18. The highest BCUT2D eigenvalue weighted by Gasteiger charge is 2.24. The fraction of sp³-hybridized carbons (Fsp3) is 0.273. The predicted molar refractivity (Wildman–Crippen MR) is 63.3 cm³/mol. The first-order valence-electron chi connectivity index (χ1n) is 4.25. The molecule has 2 rings (SSSR count). The van der Waals surface area contributed by atoms with Crippen molar-refractivity contribution >= 4 is 32.2 Å². The molecule has 0 unspecified atom stereocenters. The highest BCUT2D eigenvalue weighted by Crippen LogP contribution is 2.45. The highest BCUT2D eigenvalue weighted by atomic mass is 79.9. The summed E-state index contributed by atoms with van der Waals surface area (Å²) in [7, 11) is 0. The third kappa shape index (κ3) is 1.84. The van der Waals surface area contributed by atoms with Gasteiger partial charge in [0.1, 0.15) is 0 Å². The van der Waals surface area contributed by atoms with E-state index in [1.807, 2.05) is 11.8 Å². The van der Waals surface area contributed by atoms with E-state index >= 15 is 0 Å². The van der Waals surface area contributed by atoms with E-state index in [4.69, 9.17) is 0 Å². The van der Waals surface area contributed by atoms with E-state index in [2.05, 4.69) is 60.1 Å². The monoisotopic (exact) mass is 254 g/mol. The van der Waals surface area contributed by atoms with Crippen molar-refractivity contribution in [2.45, 2.75) is 23.5 Å². The van der Waals surface area contributed by atoms with Gasteiger partial charge in [0.15, 0.2) is 0 Å². The molecule has 1 heterocycles. The minimum Gasteiger partial charge on any atom is -0.115 e. The second-order valence-electron chi connectivity index (χ2n) is 3.69. The summed E-state index contributed by atoms with van der Waals surface area (Å²) in [5.74, 6) is 0. The Morgan fingerprint density at radius 2 is 1.92 bits per heavy atom. The number of hydrogen-bond acceptors (Lipinski definition) is 1. The van der Waals surface area contributed by atoms with Crippen LogP contribution in [0.3, 0.4) is 0 Å². The predicted octanol–water partition coefficient (Wildman–Crippen LogP) is 4.31. The Hall–Kier alpha value is -0.210. The van der Waals surface area contributed by atoms with Gasteiger partial charge in [0.2, 0.25) is 0 Å². The minimum atomic E-state index is 0.202. The number of halogens is 1. The van der Waals surface area contributed by atoms with Gasteiger partial charge in [-0.15, -0.1) is 11.8 Å². The number of benzene rings is 1. The molecule has 1 aliphatic rings. The van der Waals surface area contributed by atoms with Gasteiger partial charge in [-0.05, 0) is 19.9 Å². The molecule has 1 aliphatic heterocycles. The zero-order valence-corrected chi connectivity index (χ0v) is 10.1. The van der Waals surface area contributed by atoms with Crippen molar-refractivity contribution in [2.24, 2.45) is 0 Å². The molecule has 68 valence electrons. The smallest absolute Gasteiger partial charge is 0.0343 e. The zero-order valence-electron chi connectivity index (χ0n) is 7.67. The molecule has 0 amide bonds. The van der Waals surface area contributed by atoms with Gasteiger partial charge in [0.25, 0.3) is 0 Å². The normalized spacial score (nSPS) is 19.2. The summed E-state index contributed by atoms with van der Waals surface area (Å²) < 4.78 is 1.42. The molecular weight excluding hydrogens is 244 g/mol. The topological polar surface area (TPSA) is 0 Å². The van der Waals surface area contributed by atoms with Crippen LogP contribution in [0.2, 0.25) is 0 Å². The number of thioether (sulfide) groups is 1. The quantitative estimate of drug-likeness (QED) is 0.665. The van der Waals surface area contributed by atoms with Crippen molar-refractivity contribution in [2.75, 3.05) is 0 Å². The van der Waals surface area contributed by atoms with E-state index in [1.54, 1.807) is 0 Å². The van der Waals surface area contributed by atoms with Crippen molar-refractivity contribution in [3.63, 3.8) is 0 Å². The lowest BCUT2D eigenvalue weighted by molar-refractivity contribution is 0.895. The molecule has 0 N–H and O–H groups in total. The lowest BCUT2D eigenvalue weighted by Crippen LogP contribution is -2.14. The first-order valence-corrected chi connectivity index (χ1v) is 5.86. The molecule has 0 spiro atoms. The van der Waals surface area contributed by atoms with Gasteiger partial charge >= 0.3 is 0 Å². The molecule has 0 aliphatic carbocycles. The Morgan fingerprint density at radius 3 is 2.69 bits per heavy atom. The van der Waals surface area contributed by atoms with Crippen LogP contribution in [-0.4, -0.2) is 4.75 Å². The third-order valence-corrected chi connectivity index (χ3v) is 3.87. The SMILES string of the molecule is CC1(C)C=C(Br)c2ccccc2S1. The van der Waals surface area contributed by atoms with Gasteiger partial charge in [0, 0.05) is 19.7 Å². The molecule has 0 bridgehead atoms. The standard InChI is InChI=1S/C11H11BrS/c1-11(2)7-9(12)8-5-3-4-6-10(8)13-11/h3-7H,1-2H3. The Morgan fingerprint density at radius 1 is 1.23 bits per heavy atom. The molecule has 0 fully saturated rings. The van der Waals surface area contributed by atoms with Crippen LogP contribution in [0, 0.1) is 0 Å². The van der Waals surface area contributed by atoms with Crippen molar-refractivity contribution in [1.29, 1.82) is 0 Å². The van der Waals surface area contributed by atoms with Crippen LogP contribution in [-0.2, 0) is 0 Å². The van der Waals surface area contributed by atoms with Crippen molar-refractivity contribution < 1.29 is 0 Å². The molecule has 0 saturated heterocycles. The Labute approximate surface area is 91.6 Å². The lowest BCUT2D eigenvalue weighted by Gasteiger charge is -2.26. The van der Waals surface area contributed by atoms with Crippen LogP contribution in [0.15, 0.2) is 35.2 Å². The fourth-order valence-corrected chi connectivity index (χ4v) is 3.83. The van der Waals surface area contributed by atoms with E-state index in [0.29, 0.717) is 0 Å². The highest BCUT2D eigenvalue weighted by molar-refractivity contribution is 9.15. The van der Waals surface area contributed by atoms with Crippen LogP contribution in [0.25, 0.3) is 4.48 Å². The summed E-state index contributed by atoms with van der Waals surface area (Å²) in [5, 5.41) is 0. The van der Waals surface area contributed by atoms with Crippen LogP contribution in [0.5, 0.6) is 0 Å². The summed E-state index contributed by atoms with van der Waals surface area (Å²) in [6.45, 7) is 4.46. The molecule has 0 nitrogen and oxygen atoms in total. The van der Waals surface area contributed by atoms with Crippen LogP contribution < -0.4 is 0 Å². The van der Waals surface area contributed by atoms with Gasteiger partial charge in [-0.1, -0.05) is 40.2 Å². The molecular formula is C11H11BrS. The minimum absolute atomic E-state index is 0.202. The van der Waals surface area contributed by atoms with Crippen LogP contribution in [0.1, 0.15) is 19.4 Å². The third-order valence-electron chi connectivity index (χ3n) is 1.99. The Bertz CT molecular complexity index is 366. The molecule has 1 aromatic carbocycles. The summed E-state index contributed by atoms with van der Waals surface area (Å²) in [5.41, 5.74) is 1.31. The van der Waals surface area contributed by atoms with E-state index in [-0.39, 0.29) is 4.75 Å². The van der Waals surface area contributed by atoms with Gasteiger partial charge in [-0.2, -0.15) is 0 Å². The van der Waals surface area contributed by atoms with Gasteiger partial charge in [-0.3, -0.25) is 0 Å². The number of fused-ring (bicyclic) bond motifs is 1. The van der Waals surface area contributed by atoms with Crippen LogP contribution in [0.4, 0.5) is 0 Å². The molecule has 0 saturated carbocycles. The molecule has 0 aromatic heterocycles.